The predicted molar refractivity (Wildman–Crippen MR) is 85.5 cm³/mol. The van der Waals surface area contributed by atoms with Crippen molar-refractivity contribution in [1.82, 2.24) is 14.6 Å². The van der Waals surface area contributed by atoms with Crippen LogP contribution in [0.2, 0.25) is 0 Å². The van der Waals surface area contributed by atoms with Gasteiger partial charge in [0.05, 0.1) is 0 Å². The van der Waals surface area contributed by atoms with Crippen molar-refractivity contribution in [2.24, 2.45) is 5.92 Å². The number of nitrogens with two attached hydrogens (primary N) is 2. The highest BCUT2D eigenvalue weighted by Gasteiger charge is 2.15. The molecule has 2 aromatic rings. The van der Waals surface area contributed by atoms with Crippen LogP contribution in [0.5, 0.6) is 0 Å². The van der Waals surface area contributed by atoms with Gasteiger partial charge in [-0.3, -0.25) is 4.79 Å². The average Bonchev–Trinajstić information content (AvgIpc) is 2.70. The van der Waals surface area contributed by atoms with Crippen LogP contribution in [0.3, 0.4) is 0 Å². The Kier molecular flexibility index (Phi) is 4.10. The molecule has 4 N–H and O–H groups in total. The molecule has 0 amide bonds. The van der Waals surface area contributed by atoms with Gasteiger partial charge >= 0.3 is 5.56 Å². The average molecular weight is 307 g/mol. The van der Waals surface area contributed by atoms with Gasteiger partial charge in [-0.15, -0.1) is 0 Å². The molecule has 21 heavy (non-hydrogen) atoms. The van der Waals surface area contributed by atoms with Gasteiger partial charge < -0.3 is 11.5 Å². The summed E-state index contributed by atoms with van der Waals surface area (Å²) in [6, 6.07) is 0. The summed E-state index contributed by atoms with van der Waals surface area (Å²) in [4.78, 5) is 16.6. The number of hydrogen-bond donors (Lipinski definition) is 2. The topological polar surface area (TPSA) is 99.3 Å². The van der Waals surface area contributed by atoms with E-state index in [2.05, 4.69) is 10.1 Å². The Morgan fingerprint density at radius 2 is 1.90 bits per heavy atom. The van der Waals surface area contributed by atoms with Gasteiger partial charge in [0.2, 0.25) is 4.96 Å². The smallest absolute Gasteiger partial charge is 0.300 e. The predicted octanol–water partition coefficient (Wildman–Crippen LogP) is 2.22. The van der Waals surface area contributed by atoms with Crippen molar-refractivity contribution in [2.75, 3.05) is 11.5 Å². The Bertz CT molecular complexity index is 684. The second-order valence-electron chi connectivity index (χ2n) is 5.80. The molecule has 3 rings (SSSR count). The van der Waals surface area contributed by atoms with E-state index in [4.69, 9.17) is 11.5 Å². The summed E-state index contributed by atoms with van der Waals surface area (Å²) < 4.78 is 1.28. The fraction of sp³-hybridized carbons (Fsp3) is 0.643. The Balaban J connectivity index is 1.75. The number of hydrogen-bond acceptors (Lipinski definition) is 6. The molecular weight excluding hydrogens is 286 g/mol. The summed E-state index contributed by atoms with van der Waals surface area (Å²) in [7, 11) is 0. The lowest BCUT2D eigenvalue weighted by Crippen LogP contribution is -2.21. The molecule has 0 aromatic carbocycles. The molecule has 2 aromatic heterocycles. The largest absolute Gasteiger partial charge is 0.391 e. The highest BCUT2D eigenvalue weighted by molar-refractivity contribution is 7.16. The minimum atomic E-state index is -0.366. The second-order valence-corrected chi connectivity index (χ2v) is 6.84. The third-order valence-electron chi connectivity index (χ3n) is 4.26. The quantitative estimate of drug-likeness (QED) is 0.847. The molecular formula is C14H21N5OS. The fourth-order valence-electron chi connectivity index (χ4n) is 2.99. The number of aryl methyl sites for hydroxylation is 1. The van der Waals surface area contributed by atoms with E-state index in [1.54, 1.807) is 0 Å². The van der Waals surface area contributed by atoms with Crippen LogP contribution in [0.4, 0.5) is 11.5 Å². The lowest BCUT2D eigenvalue weighted by atomic mass is 9.95. The third kappa shape index (κ3) is 3.02. The Morgan fingerprint density at radius 1 is 1.19 bits per heavy atom. The molecule has 0 radical (unpaired) electrons. The first-order valence-corrected chi connectivity index (χ1v) is 8.40. The summed E-state index contributed by atoms with van der Waals surface area (Å²) in [5, 5.41) is 5.29. The van der Waals surface area contributed by atoms with E-state index in [1.807, 2.05) is 0 Å². The Morgan fingerprint density at radius 3 is 2.62 bits per heavy atom. The molecule has 6 nitrogen and oxygen atoms in total. The molecule has 1 aliphatic carbocycles. The third-order valence-corrected chi connectivity index (χ3v) is 5.23. The first kappa shape index (κ1) is 14.3. The number of fused-ring (bicyclic) bond motifs is 1. The summed E-state index contributed by atoms with van der Waals surface area (Å²) in [6.45, 7) is 0. The van der Waals surface area contributed by atoms with Gasteiger partial charge in [0, 0.05) is 6.42 Å². The van der Waals surface area contributed by atoms with Crippen molar-refractivity contribution in [3.63, 3.8) is 0 Å². The van der Waals surface area contributed by atoms with Crippen molar-refractivity contribution in [2.45, 2.75) is 51.4 Å². The number of rotatable bonds is 3. The van der Waals surface area contributed by atoms with E-state index in [1.165, 1.54) is 54.4 Å². The van der Waals surface area contributed by atoms with E-state index in [0.29, 0.717) is 4.96 Å². The highest BCUT2D eigenvalue weighted by atomic mass is 32.1. The molecule has 1 fully saturated rings. The summed E-state index contributed by atoms with van der Waals surface area (Å²) in [6.07, 6.45) is 10.1. The Labute approximate surface area is 127 Å². The number of anilines is 2. The maximum absolute atomic E-state index is 12.0. The van der Waals surface area contributed by atoms with Crippen LogP contribution in [-0.2, 0) is 6.42 Å². The molecule has 0 atom stereocenters. The van der Waals surface area contributed by atoms with Gasteiger partial charge in [-0.05, 0) is 12.3 Å². The maximum Gasteiger partial charge on any atom is 0.300 e. The minimum Gasteiger partial charge on any atom is -0.391 e. The molecule has 0 aliphatic heterocycles. The molecule has 1 saturated carbocycles. The van der Waals surface area contributed by atoms with Gasteiger partial charge in [-0.1, -0.05) is 49.9 Å². The minimum absolute atomic E-state index is 0.0203. The van der Waals surface area contributed by atoms with Crippen LogP contribution in [0.1, 0.15) is 50.0 Å². The summed E-state index contributed by atoms with van der Waals surface area (Å²) >= 11 is 1.43. The first-order valence-electron chi connectivity index (χ1n) is 7.59. The molecule has 0 spiro atoms. The molecule has 1 aliphatic rings. The van der Waals surface area contributed by atoms with E-state index >= 15 is 0 Å². The zero-order chi connectivity index (χ0) is 14.8. The van der Waals surface area contributed by atoms with Crippen LogP contribution in [0.25, 0.3) is 4.96 Å². The van der Waals surface area contributed by atoms with Gasteiger partial charge in [-0.25, -0.2) is 0 Å². The van der Waals surface area contributed by atoms with E-state index in [0.717, 1.165) is 23.8 Å². The van der Waals surface area contributed by atoms with E-state index < -0.39 is 0 Å². The second kappa shape index (κ2) is 6.01. The highest BCUT2D eigenvalue weighted by Crippen LogP contribution is 2.27. The van der Waals surface area contributed by atoms with Crippen LogP contribution in [0, 0.1) is 5.92 Å². The van der Waals surface area contributed by atoms with E-state index in [-0.39, 0.29) is 17.1 Å². The molecule has 2 heterocycles. The Hall–Kier alpha value is -1.63. The van der Waals surface area contributed by atoms with Crippen LogP contribution in [0.15, 0.2) is 4.79 Å². The van der Waals surface area contributed by atoms with Crippen LogP contribution >= 0.6 is 11.3 Å². The molecule has 7 heteroatoms. The molecule has 0 unspecified atom stereocenters. The van der Waals surface area contributed by atoms with Gasteiger partial charge in [0.25, 0.3) is 0 Å². The van der Waals surface area contributed by atoms with Gasteiger partial charge in [-0.2, -0.15) is 14.6 Å². The summed E-state index contributed by atoms with van der Waals surface area (Å²) in [5.41, 5.74) is 10.9. The lowest BCUT2D eigenvalue weighted by Gasteiger charge is -2.11. The lowest BCUT2D eigenvalue weighted by molar-refractivity contribution is 0.427. The zero-order valence-corrected chi connectivity index (χ0v) is 12.9. The number of nitrogen functional groups attached to an aromatic ring is 2. The SMILES string of the molecule is Nc1nc2sc(CCC3CCCCCC3)nn2c(=O)c1N. The number of aromatic nitrogens is 3. The van der Waals surface area contributed by atoms with Crippen molar-refractivity contribution >= 4 is 27.8 Å². The zero-order valence-electron chi connectivity index (χ0n) is 12.0. The van der Waals surface area contributed by atoms with Crippen molar-refractivity contribution in [3.8, 4) is 0 Å². The van der Waals surface area contributed by atoms with Gasteiger partial charge in [0.1, 0.15) is 10.7 Å². The molecule has 0 bridgehead atoms. The normalized spacial score (nSPS) is 17.1. The standard InChI is InChI=1S/C14H21N5OS/c15-11-12(16)17-14-19(13(11)20)18-10(21-14)8-7-9-5-3-1-2-4-6-9/h9H,1-8,15-16H2. The van der Waals surface area contributed by atoms with Crippen molar-refractivity contribution in [3.05, 3.63) is 15.4 Å². The van der Waals surface area contributed by atoms with Crippen LogP contribution in [-0.4, -0.2) is 14.6 Å². The van der Waals surface area contributed by atoms with Gasteiger partial charge in [0.15, 0.2) is 5.82 Å². The van der Waals surface area contributed by atoms with Crippen molar-refractivity contribution in [1.29, 1.82) is 0 Å². The molecule has 0 saturated heterocycles. The monoisotopic (exact) mass is 307 g/mol. The van der Waals surface area contributed by atoms with Crippen LogP contribution < -0.4 is 17.0 Å². The first-order chi connectivity index (χ1) is 10.1. The fourth-order valence-corrected chi connectivity index (χ4v) is 3.90. The number of nitrogens with zero attached hydrogens (tertiary/aromatic N) is 3. The maximum atomic E-state index is 12.0. The van der Waals surface area contributed by atoms with Crippen molar-refractivity contribution < 1.29 is 0 Å². The summed E-state index contributed by atoms with van der Waals surface area (Å²) in [5.74, 6) is 0.887. The van der Waals surface area contributed by atoms with E-state index in [9.17, 15) is 4.79 Å². The molecule has 114 valence electrons.